The van der Waals surface area contributed by atoms with E-state index in [0.29, 0.717) is 18.0 Å². The van der Waals surface area contributed by atoms with Gasteiger partial charge in [0, 0.05) is 6.54 Å². The first-order valence-electron chi connectivity index (χ1n) is 4.11. The summed E-state index contributed by atoms with van der Waals surface area (Å²) < 4.78 is 13.0. The smallest absolute Gasteiger partial charge is 0.184 e. The fourth-order valence-corrected chi connectivity index (χ4v) is 1.44. The van der Waals surface area contributed by atoms with Crippen molar-refractivity contribution in [2.45, 2.75) is 25.9 Å². The van der Waals surface area contributed by atoms with Gasteiger partial charge in [0.05, 0.1) is 6.20 Å². The third-order valence-corrected chi connectivity index (χ3v) is 2.30. The largest absolute Gasteiger partial charge is 0.389 e. The summed E-state index contributed by atoms with van der Waals surface area (Å²) in [6.45, 7) is 3.70. The summed E-state index contributed by atoms with van der Waals surface area (Å²) in [5, 5.41) is 4.43. The van der Waals surface area contributed by atoms with E-state index < -0.39 is 5.67 Å². The number of nitrogens with two attached hydrogens (primary N) is 1. The number of rotatable bonds is 4. The highest BCUT2D eigenvalue weighted by Crippen LogP contribution is 2.20. The molecule has 0 unspecified atom stereocenters. The second-order valence-electron chi connectivity index (χ2n) is 3.46. The first-order chi connectivity index (χ1) is 5.97. The Morgan fingerprint density at radius 1 is 1.69 bits per heavy atom. The van der Waals surface area contributed by atoms with Crippen LogP contribution in [-0.4, -0.2) is 17.2 Å². The number of hydrogen-bond acceptors (Lipinski definition) is 4. The van der Waals surface area contributed by atoms with Gasteiger partial charge >= 0.3 is 0 Å². The van der Waals surface area contributed by atoms with Gasteiger partial charge in [0.25, 0.3) is 0 Å². The molecule has 13 heavy (non-hydrogen) atoms. The second-order valence-corrected chi connectivity index (χ2v) is 4.53. The molecule has 1 heterocycles. The van der Waals surface area contributed by atoms with Crippen molar-refractivity contribution in [3.05, 3.63) is 6.20 Å². The third kappa shape index (κ3) is 4.07. The molecule has 0 aromatic carbocycles. The van der Waals surface area contributed by atoms with Crippen LogP contribution in [0.5, 0.6) is 0 Å². The van der Waals surface area contributed by atoms with Gasteiger partial charge in [0.15, 0.2) is 5.13 Å². The maximum Gasteiger partial charge on any atom is 0.184 e. The number of aromatic nitrogens is 1. The fourth-order valence-electron chi connectivity index (χ4n) is 0.835. The summed E-state index contributed by atoms with van der Waals surface area (Å²) in [6, 6.07) is 0. The Morgan fingerprint density at radius 2 is 2.38 bits per heavy atom. The molecule has 0 amide bonds. The van der Waals surface area contributed by atoms with Gasteiger partial charge in [0.2, 0.25) is 0 Å². The van der Waals surface area contributed by atoms with Crippen molar-refractivity contribution in [2.24, 2.45) is 0 Å². The van der Waals surface area contributed by atoms with Crippen molar-refractivity contribution in [2.75, 3.05) is 17.6 Å². The summed E-state index contributed by atoms with van der Waals surface area (Å²) in [5.74, 6) is 0. The highest BCUT2D eigenvalue weighted by atomic mass is 32.1. The quantitative estimate of drug-likeness (QED) is 0.789. The average molecular weight is 203 g/mol. The van der Waals surface area contributed by atoms with Crippen LogP contribution in [0.3, 0.4) is 0 Å². The number of alkyl halides is 1. The summed E-state index contributed by atoms with van der Waals surface area (Å²) in [5.41, 5.74) is 4.35. The minimum absolute atomic E-state index is 0.465. The molecule has 0 atom stereocenters. The maximum atomic E-state index is 13.0. The lowest BCUT2D eigenvalue weighted by atomic mass is 10.1. The standard InChI is InChI=1S/C8H14FN3S/c1-8(2,9)3-4-11-7-12-5-6(10)13-7/h5H,3-4,10H2,1-2H3,(H,11,12). The molecule has 0 radical (unpaired) electrons. The molecule has 0 spiro atoms. The van der Waals surface area contributed by atoms with E-state index in [1.54, 1.807) is 20.0 Å². The molecule has 1 rings (SSSR count). The molecule has 0 fully saturated rings. The summed E-state index contributed by atoms with van der Waals surface area (Å²) in [4.78, 5) is 4.00. The third-order valence-electron chi connectivity index (χ3n) is 1.52. The molecule has 5 heteroatoms. The lowest BCUT2D eigenvalue weighted by Gasteiger charge is -2.13. The molecule has 0 saturated heterocycles. The normalized spacial score (nSPS) is 11.6. The van der Waals surface area contributed by atoms with Crippen molar-refractivity contribution in [1.82, 2.24) is 4.98 Å². The van der Waals surface area contributed by atoms with Crippen LogP contribution in [0.4, 0.5) is 14.5 Å². The molecule has 1 aromatic heterocycles. The Morgan fingerprint density at radius 3 is 2.85 bits per heavy atom. The minimum Gasteiger partial charge on any atom is -0.389 e. The van der Waals surface area contributed by atoms with Gasteiger partial charge in [-0.05, 0) is 20.3 Å². The van der Waals surface area contributed by atoms with Crippen molar-refractivity contribution in [1.29, 1.82) is 0 Å². The minimum atomic E-state index is -1.13. The highest BCUT2D eigenvalue weighted by molar-refractivity contribution is 7.19. The molecular formula is C8H14FN3S. The Labute approximate surface area is 81.2 Å². The fraction of sp³-hybridized carbons (Fsp3) is 0.625. The molecule has 0 aliphatic rings. The van der Waals surface area contributed by atoms with Crippen LogP contribution in [0.1, 0.15) is 20.3 Å². The Bertz CT molecular complexity index is 267. The zero-order valence-electron chi connectivity index (χ0n) is 7.80. The van der Waals surface area contributed by atoms with Crippen LogP contribution in [0.15, 0.2) is 6.20 Å². The van der Waals surface area contributed by atoms with E-state index in [1.807, 2.05) is 0 Å². The number of anilines is 2. The van der Waals surface area contributed by atoms with Crippen molar-refractivity contribution < 1.29 is 4.39 Å². The molecule has 3 N–H and O–H groups in total. The van der Waals surface area contributed by atoms with Crippen molar-refractivity contribution in [3.8, 4) is 0 Å². The number of thiazole rings is 1. The van der Waals surface area contributed by atoms with Crippen LogP contribution < -0.4 is 11.1 Å². The van der Waals surface area contributed by atoms with E-state index in [0.717, 1.165) is 5.13 Å². The van der Waals surface area contributed by atoms with Gasteiger partial charge in [-0.3, -0.25) is 0 Å². The van der Waals surface area contributed by atoms with E-state index in [1.165, 1.54) is 11.3 Å². The molecule has 3 nitrogen and oxygen atoms in total. The molecule has 74 valence electrons. The van der Waals surface area contributed by atoms with E-state index in [2.05, 4.69) is 10.3 Å². The van der Waals surface area contributed by atoms with Gasteiger partial charge in [-0.1, -0.05) is 11.3 Å². The van der Waals surface area contributed by atoms with E-state index >= 15 is 0 Å². The molecule has 0 bridgehead atoms. The highest BCUT2D eigenvalue weighted by Gasteiger charge is 2.14. The molecule has 0 aliphatic heterocycles. The summed E-state index contributed by atoms with van der Waals surface area (Å²) in [6.07, 6.45) is 2.06. The van der Waals surface area contributed by atoms with Crippen molar-refractivity contribution >= 4 is 21.5 Å². The van der Waals surface area contributed by atoms with E-state index in [4.69, 9.17) is 5.73 Å². The summed E-state index contributed by atoms with van der Waals surface area (Å²) >= 11 is 1.37. The molecule has 0 saturated carbocycles. The van der Waals surface area contributed by atoms with Gasteiger partial charge < -0.3 is 11.1 Å². The predicted octanol–water partition coefficient (Wildman–Crippen LogP) is 2.28. The number of nitrogens with one attached hydrogen (secondary N) is 1. The summed E-state index contributed by atoms with van der Waals surface area (Å²) in [7, 11) is 0. The monoisotopic (exact) mass is 203 g/mol. The van der Waals surface area contributed by atoms with Gasteiger partial charge in [-0.2, -0.15) is 0 Å². The van der Waals surface area contributed by atoms with E-state index in [-0.39, 0.29) is 0 Å². The number of hydrogen-bond donors (Lipinski definition) is 2. The SMILES string of the molecule is CC(C)(F)CCNc1ncc(N)s1. The van der Waals surface area contributed by atoms with Crippen LogP contribution in [-0.2, 0) is 0 Å². The van der Waals surface area contributed by atoms with Gasteiger partial charge in [0.1, 0.15) is 10.7 Å². The van der Waals surface area contributed by atoms with Crippen LogP contribution in [0.2, 0.25) is 0 Å². The lowest BCUT2D eigenvalue weighted by Crippen LogP contribution is -2.17. The van der Waals surface area contributed by atoms with Crippen LogP contribution in [0, 0.1) is 0 Å². The Hall–Kier alpha value is -0.840. The van der Waals surface area contributed by atoms with Crippen molar-refractivity contribution in [3.63, 3.8) is 0 Å². The number of nitrogen functional groups attached to an aromatic ring is 1. The van der Waals surface area contributed by atoms with Gasteiger partial charge in [-0.25, -0.2) is 9.37 Å². The van der Waals surface area contributed by atoms with E-state index in [9.17, 15) is 4.39 Å². The number of nitrogens with zero attached hydrogens (tertiary/aromatic N) is 1. The molecule has 0 aliphatic carbocycles. The van der Waals surface area contributed by atoms with Gasteiger partial charge in [-0.15, -0.1) is 0 Å². The maximum absolute atomic E-state index is 13.0. The first-order valence-corrected chi connectivity index (χ1v) is 4.93. The second kappa shape index (κ2) is 3.91. The lowest BCUT2D eigenvalue weighted by molar-refractivity contribution is 0.207. The molecule has 1 aromatic rings. The zero-order valence-corrected chi connectivity index (χ0v) is 8.62. The molecular weight excluding hydrogens is 189 g/mol. The average Bonchev–Trinajstić information content (AvgIpc) is 2.33. The topological polar surface area (TPSA) is 50.9 Å². The Kier molecular flexibility index (Phi) is 3.08. The predicted molar refractivity (Wildman–Crippen MR) is 54.8 cm³/mol. The van der Waals surface area contributed by atoms with Crippen LogP contribution in [0.25, 0.3) is 0 Å². The first kappa shape index (κ1) is 10.2. The van der Waals surface area contributed by atoms with Crippen LogP contribution >= 0.6 is 11.3 Å². The number of halogens is 1. The Balaban J connectivity index is 2.28. The zero-order chi connectivity index (χ0) is 9.90.